The number of nitrogens with zero attached hydrogens (tertiary/aromatic N) is 2. The molecule has 0 fully saturated rings. The van der Waals surface area contributed by atoms with Crippen molar-refractivity contribution in [1.29, 1.82) is 0 Å². The summed E-state index contributed by atoms with van der Waals surface area (Å²) in [7, 11) is -3.83. The molecule has 1 aromatic heterocycles. The van der Waals surface area contributed by atoms with Gasteiger partial charge in [-0.25, -0.2) is 18.1 Å². The van der Waals surface area contributed by atoms with E-state index < -0.39 is 27.8 Å². The summed E-state index contributed by atoms with van der Waals surface area (Å²) in [6, 6.07) is 9.30. The molecule has 0 spiro atoms. The van der Waals surface area contributed by atoms with E-state index in [1.54, 1.807) is 42.7 Å². The molecule has 0 amide bonds. The van der Waals surface area contributed by atoms with Gasteiger partial charge in [-0.3, -0.25) is 0 Å². The number of nitrogens with one attached hydrogen (secondary N) is 1. The van der Waals surface area contributed by atoms with Crippen LogP contribution >= 0.6 is 0 Å². The van der Waals surface area contributed by atoms with Crippen LogP contribution in [0.15, 0.2) is 47.4 Å². The summed E-state index contributed by atoms with van der Waals surface area (Å²) in [5.74, 6) is 0.817. The molecule has 1 N–H and O–H groups in total. The molecular formula is C22H26F3N3O2S. The summed E-state index contributed by atoms with van der Waals surface area (Å²) in [5.41, 5.74) is 0.983. The summed E-state index contributed by atoms with van der Waals surface area (Å²) in [4.78, 5) is 4.53. The van der Waals surface area contributed by atoms with Crippen LogP contribution in [-0.2, 0) is 29.2 Å². The lowest BCUT2D eigenvalue weighted by Gasteiger charge is -2.16. The largest absolute Gasteiger partial charge is 0.416 e. The lowest BCUT2D eigenvalue weighted by atomic mass is 10.0. The maximum atomic E-state index is 13.1. The van der Waals surface area contributed by atoms with E-state index in [-0.39, 0.29) is 4.90 Å². The van der Waals surface area contributed by atoms with Crippen LogP contribution in [0, 0.1) is 5.92 Å². The summed E-state index contributed by atoms with van der Waals surface area (Å²) in [6.45, 7) is 7.93. The predicted molar refractivity (Wildman–Crippen MR) is 114 cm³/mol. The first-order valence-corrected chi connectivity index (χ1v) is 11.6. The van der Waals surface area contributed by atoms with Gasteiger partial charge in [-0.1, -0.05) is 26.0 Å². The second-order valence-corrected chi connectivity index (χ2v) is 9.71. The first-order chi connectivity index (χ1) is 14.4. The van der Waals surface area contributed by atoms with Crippen LogP contribution in [-0.4, -0.2) is 18.0 Å². The van der Waals surface area contributed by atoms with Crippen LogP contribution in [0.25, 0.3) is 11.0 Å². The van der Waals surface area contributed by atoms with E-state index in [9.17, 15) is 21.6 Å². The van der Waals surface area contributed by atoms with Crippen molar-refractivity contribution < 1.29 is 21.6 Å². The Hall–Kier alpha value is -2.39. The van der Waals surface area contributed by atoms with Crippen molar-refractivity contribution in [3.8, 4) is 0 Å². The Morgan fingerprint density at radius 1 is 1.06 bits per heavy atom. The van der Waals surface area contributed by atoms with E-state index in [1.807, 2.05) is 0 Å². The number of sulfonamides is 1. The molecule has 0 unspecified atom stereocenters. The fourth-order valence-electron chi connectivity index (χ4n) is 3.61. The molecule has 3 rings (SSSR count). The molecule has 0 bridgehead atoms. The van der Waals surface area contributed by atoms with Crippen molar-refractivity contribution >= 4 is 21.1 Å². The van der Waals surface area contributed by atoms with Gasteiger partial charge in [0, 0.05) is 6.54 Å². The Morgan fingerprint density at radius 3 is 2.26 bits per heavy atom. The maximum Gasteiger partial charge on any atom is 0.416 e. The second-order valence-electron chi connectivity index (χ2n) is 8.00. The molecule has 3 aromatic rings. The number of benzene rings is 2. The average molecular weight is 454 g/mol. The quantitative estimate of drug-likeness (QED) is 0.527. The topological polar surface area (TPSA) is 64.0 Å². The molecule has 0 aliphatic rings. The number of hydrogen-bond acceptors (Lipinski definition) is 3. The van der Waals surface area contributed by atoms with Gasteiger partial charge < -0.3 is 4.57 Å². The zero-order valence-corrected chi connectivity index (χ0v) is 18.7. The standard InChI is InChI=1S/C22H26F3N3O2S/c1-5-28-20-13-17(22(23,24)25)8-11-19(20)26-21(28)15(4)27-31(29,30)18-9-6-16(7-10-18)12-14(2)3/h6-11,13-15,27H,5,12H2,1-4H3/t15-/m1/s1. The van der Waals surface area contributed by atoms with Crippen molar-refractivity contribution in [2.45, 2.75) is 57.8 Å². The van der Waals surface area contributed by atoms with Gasteiger partial charge in [0.05, 0.1) is 27.5 Å². The summed E-state index contributed by atoms with van der Waals surface area (Å²) >= 11 is 0. The van der Waals surface area contributed by atoms with E-state index in [0.29, 0.717) is 29.3 Å². The molecule has 0 saturated carbocycles. The van der Waals surface area contributed by atoms with Gasteiger partial charge in [0.2, 0.25) is 10.0 Å². The van der Waals surface area contributed by atoms with Crippen molar-refractivity contribution in [3.05, 3.63) is 59.4 Å². The summed E-state index contributed by atoms with van der Waals surface area (Å²) in [5, 5.41) is 0. The van der Waals surface area contributed by atoms with Gasteiger partial charge in [0.15, 0.2) is 0 Å². The van der Waals surface area contributed by atoms with Crippen LogP contribution in [0.4, 0.5) is 13.2 Å². The molecule has 0 aliphatic heterocycles. The molecule has 31 heavy (non-hydrogen) atoms. The third-order valence-electron chi connectivity index (χ3n) is 5.02. The minimum absolute atomic E-state index is 0.130. The highest BCUT2D eigenvalue weighted by atomic mass is 32.2. The number of aromatic nitrogens is 2. The number of alkyl halides is 3. The maximum absolute atomic E-state index is 13.1. The fourth-order valence-corrected chi connectivity index (χ4v) is 4.81. The van der Waals surface area contributed by atoms with Crippen LogP contribution in [0.5, 0.6) is 0 Å². The van der Waals surface area contributed by atoms with Gasteiger partial charge in [-0.15, -0.1) is 0 Å². The van der Waals surface area contributed by atoms with Gasteiger partial charge in [0.25, 0.3) is 0 Å². The summed E-state index contributed by atoms with van der Waals surface area (Å²) in [6.07, 6.45) is -3.61. The molecule has 168 valence electrons. The number of halogens is 3. The molecule has 1 atom stereocenters. The highest BCUT2D eigenvalue weighted by Gasteiger charge is 2.31. The van der Waals surface area contributed by atoms with Gasteiger partial charge >= 0.3 is 6.18 Å². The number of rotatable bonds is 7. The van der Waals surface area contributed by atoms with Gasteiger partial charge in [-0.05, 0) is 62.1 Å². The van der Waals surface area contributed by atoms with Crippen LogP contribution in [0.3, 0.4) is 0 Å². The summed E-state index contributed by atoms with van der Waals surface area (Å²) < 4.78 is 69.2. The fraction of sp³-hybridized carbons (Fsp3) is 0.409. The Labute approximate surface area is 180 Å². The first kappa shape index (κ1) is 23.3. The number of fused-ring (bicyclic) bond motifs is 1. The van der Waals surface area contributed by atoms with Crippen molar-refractivity contribution in [2.75, 3.05) is 0 Å². The Kier molecular flexibility index (Phi) is 6.48. The highest BCUT2D eigenvalue weighted by molar-refractivity contribution is 7.89. The average Bonchev–Trinajstić information content (AvgIpc) is 3.05. The molecular weight excluding hydrogens is 427 g/mol. The molecule has 9 heteroatoms. The van der Waals surface area contributed by atoms with Gasteiger partial charge in [-0.2, -0.15) is 13.2 Å². The third kappa shape index (κ3) is 5.10. The predicted octanol–water partition coefficient (Wildman–Crippen LogP) is 5.31. The van der Waals surface area contributed by atoms with Crippen LogP contribution in [0.1, 0.15) is 50.7 Å². The Balaban J connectivity index is 1.90. The normalized spacial score (nSPS) is 13.8. The van der Waals surface area contributed by atoms with E-state index in [0.717, 1.165) is 24.1 Å². The van der Waals surface area contributed by atoms with Gasteiger partial charge in [0.1, 0.15) is 5.82 Å². The Morgan fingerprint density at radius 2 is 1.71 bits per heavy atom. The minimum atomic E-state index is -4.47. The molecule has 0 saturated heterocycles. The number of hydrogen-bond donors (Lipinski definition) is 1. The molecule has 0 radical (unpaired) electrons. The molecule has 2 aromatic carbocycles. The molecule has 5 nitrogen and oxygen atoms in total. The number of imidazole rings is 1. The van der Waals surface area contributed by atoms with E-state index in [4.69, 9.17) is 0 Å². The van der Waals surface area contributed by atoms with E-state index in [1.165, 1.54) is 6.07 Å². The minimum Gasteiger partial charge on any atom is -0.327 e. The monoisotopic (exact) mass is 453 g/mol. The Bertz CT molecular complexity index is 1170. The first-order valence-electron chi connectivity index (χ1n) is 10.1. The van der Waals surface area contributed by atoms with Crippen molar-refractivity contribution in [2.24, 2.45) is 5.92 Å². The van der Waals surface area contributed by atoms with Crippen molar-refractivity contribution in [3.63, 3.8) is 0 Å². The lowest BCUT2D eigenvalue weighted by molar-refractivity contribution is -0.137. The van der Waals surface area contributed by atoms with Crippen molar-refractivity contribution in [1.82, 2.24) is 14.3 Å². The molecule has 1 heterocycles. The second kappa shape index (κ2) is 8.63. The highest BCUT2D eigenvalue weighted by Crippen LogP contribution is 2.32. The van der Waals surface area contributed by atoms with Crippen LogP contribution in [0.2, 0.25) is 0 Å². The smallest absolute Gasteiger partial charge is 0.327 e. The van der Waals surface area contributed by atoms with E-state index in [2.05, 4.69) is 23.6 Å². The zero-order valence-electron chi connectivity index (χ0n) is 17.9. The molecule has 0 aliphatic carbocycles. The SMILES string of the molecule is CCn1c([C@@H](C)NS(=O)(=O)c2ccc(CC(C)C)cc2)nc2ccc(C(F)(F)F)cc21. The third-order valence-corrected chi connectivity index (χ3v) is 6.57. The number of aryl methyl sites for hydroxylation is 1. The lowest BCUT2D eigenvalue weighted by Crippen LogP contribution is -2.28. The van der Waals surface area contributed by atoms with Crippen LogP contribution < -0.4 is 4.72 Å². The zero-order chi connectivity index (χ0) is 23.0. The van der Waals surface area contributed by atoms with E-state index >= 15 is 0 Å².